The first kappa shape index (κ1) is 14.1. The maximum atomic E-state index is 5.97. The molecular formula is C14H18BrN3O. The standard InChI is InChI=1S/C14H18BrN3O/c1-3-18-7-6-17-14(18)9-19-13-5-4-11(15)8-12(13)10(2)16/h4-8,10H,3,9,16H2,1-2H3. The second-order valence-electron chi connectivity index (χ2n) is 4.39. The van der Waals surface area contributed by atoms with Crippen LogP contribution in [0.25, 0.3) is 0 Å². The Labute approximate surface area is 121 Å². The highest BCUT2D eigenvalue weighted by Crippen LogP contribution is 2.28. The molecule has 0 bridgehead atoms. The van der Waals surface area contributed by atoms with Crippen LogP contribution in [-0.4, -0.2) is 9.55 Å². The predicted molar refractivity (Wildman–Crippen MR) is 79.0 cm³/mol. The lowest BCUT2D eigenvalue weighted by Crippen LogP contribution is -2.10. The van der Waals surface area contributed by atoms with Crippen LogP contribution in [0, 0.1) is 0 Å². The third-order valence-electron chi connectivity index (χ3n) is 2.96. The van der Waals surface area contributed by atoms with Crippen molar-refractivity contribution in [3.63, 3.8) is 0 Å². The van der Waals surface area contributed by atoms with Crippen LogP contribution in [0.1, 0.15) is 31.3 Å². The number of nitrogens with two attached hydrogens (primary N) is 1. The maximum absolute atomic E-state index is 5.97. The molecule has 0 radical (unpaired) electrons. The Hall–Kier alpha value is -1.33. The van der Waals surface area contributed by atoms with E-state index in [-0.39, 0.29) is 6.04 Å². The molecule has 1 heterocycles. The zero-order chi connectivity index (χ0) is 13.8. The molecule has 1 aromatic carbocycles. The third kappa shape index (κ3) is 3.36. The summed E-state index contributed by atoms with van der Waals surface area (Å²) in [6, 6.07) is 5.81. The molecule has 1 aromatic heterocycles. The summed E-state index contributed by atoms with van der Waals surface area (Å²) in [4.78, 5) is 4.29. The van der Waals surface area contributed by atoms with Crippen LogP contribution in [0.15, 0.2) is 35.1 Å². The van der Waals surface area contributed by atoms with Crippen molar-refractivity contribution in [3.8, 4) is 5.75 Å². The molecule has 2 aromatic rings. The van der Waals surface area contributed by atoms with Gasteiger partial charge < -0.3 is 15.0 Å². The first-order valence-electron chi connectivity index (χ1n) is 6.29. The lowest BCUT2D eigenvalue weighted by molar-refractivity contribution is 0.285. The van der Waals surface area contributed by atoms with Gasteiger partial charge >= 0.3 is 0 Å². The number of aromatic nitrogens is 2. The molecule has 1 atom stereocenters. The van der Waals surface area contributed by atoms with E-state index in [4.69, 9.17) is 10.5 Å². The second kappa shape index (κ2) is 6.21. The number of halogens is 1. The number of hydrogen-bond donors (Lipinski definition) is 1. The molecule has 1 unspecified atom stereocenters. The van der Waals surface area contributed by atoms with Crippen LogP contribution in [0.2, 0.25) is 0 Å². The normalized spacial score (nSPS) is 12.4. The van der Waals surface area contributed by atoms with Gasteiger partial charge in [0.2, 0.25) is 0 Å². The summed E-state index contributed by atoms with van der Waals surface area (Å²) in [5.41, 5.74) is 6.96. The van der Waals surface area contributed by atoms with E-state index in [0.29, 0.717) is 6.61 Å². The van der Waals surface area contributed by atoms with E-state index >= 15 is 0 Å². The molecule has 0 spiro atoms. The van der Waals surface area contributed by atoms with Gasteiger partial charge in [-0.3, -0.25) is 0 Å². The van der Waals surface area contributed by atoms with Crippen molar-refractivity contribution < 1.29 is 4.74 Å². The van der Waals surface area contributed by atoms with Gasteiger partial charge in [-0.2, -0.15) is 0 Å². The number of aryl methyl sites for hydroxylation is 1. The van der Waals surface area contributed by atoms with E-state index in [1.54, 1.807) is 6.20 Å². The first-order chi connectivity index (χ1) is 9.11. The van der Waals surface area contributed by atoms with Gasteiger partial charge in [-0.1, -0.05) is 15.9 Å². The summed E-state index contributed by atoms with van der Waals surface area (Å²) >= 11 is 3.45. The summed E-state index contributed by atoms with van der Waals surface area (Å²) in [6.45, 7) is 5.36. The van der Waals surface area contributed by atoms with Crippen LogP contribution in [0.5, 0.6) is 5.75 Å². The van der Waals surface area contributed by atoms with E-state index < -0.39 is 0 Å². The average Bonchev–Trinajstić information content (AvgIpc) is 2.84. The smallest absolute Gasteiger partial charge is 0.146 e. The van der Waals surface area contributed by atoms with Gasteiger partial charge in [0.1, 0.15) is 18.2 Å². The Morgan fingerprint density at radius 2 is 2.26 bits per heavy atom. The topological polar surface area (TPSA) is 53.1 Å². The zero-order valence-corrected chi connectivity index (χ0v) is 12.7. The van der Waals surface area contributed by atoms with E-state index in [9.17, 15) is 0 Å². The average molecular weight is 324 g/mol. The number of benzene rings is 1. The summed E-state index contributed by atoms with van der Waals surface area (Å²) in [5.74, 6) is 1.73. The van der Waals surface area contributed by atoms with E-state index in [0.717, 1.165) is 28.2 Å². The molecule has 2 rings (SSSR count). The molecular weight excluding hydrogens is 306 g/mol. The van der Waals surface area contributed by atoms with Gasteiger partial charge in [0.25, 0.3) is 0 Å². The lowest BCUT2D eigenvalue weighted by atomic mass is 10.1. The molecule has 0 saturated carbocycles. The lowest BCUT2D eigenvalue weighted by Gasteiger charge is -2.14. The Balaban J connectivity index is 2.15. The summed E-state index contributed by atoms with van der Waals surface area (Å²) in [7, 11) is 0. The van der Waals surface area contributed by atoms with Crippen LogP contribution in [0.4, 0.5) is 0 Å². The molecule has 0 aliphatic rings. The second-order valence-corrected chi connectivity index (χ2v) is 5.30. The molecule has 19 heavy (non-hydrogen) atoms. The van der Waals surface area contributed by atoms with E-state index in [1.807, 2.05) is 31.3 Å². The molecule has 4 nitrogen and oxygen atoms in total. The number of ether oxygens (including phenoxy) is 1. The molecule has 2 N–H and O–H groups in total. The number of nitrogens with zero attached hydrogens (tertiary/aromatic N) is 2. The third-order valence-corrected chi connectivity index (χ3v) is 3.45. The van der Waals surface area contributed by atoms with Crippen molar-refractivity contribution in [2.24, 2.45) is 5.73 Å². The Bertz CT molecular complexity index is 551. The highest BCUT2D eigenvalue weighted by atomic mass is 79.9. The predicted octanol–water partition coefficient (Wildman–Crippen LogP) is 3.26. The van der Waals surface area contributed by atoms with E-state index in [1.165, 1.54) is 0 Å². The molecule has 0 aliphatic carbocycles. The van der Waals surface area contributed by atoms with Gasteiger partial charge in [-0.05, 0) is 32.0 Å². The van der Waals surface area contributed by atoms with Crippen molar-refractivity contribution in [3.05, 3.63) is 46.5 Å². The van der Waals surface area contributed by atoms with Gasteiger partial charge in [-0.25, -0.2) is 4.98 Å². The van der Waals surface area contributed by atoms with Crippen molar-refractivity contribution in [2.45, 2.75) is 33.0 Å². The van der Waals surface area contributed by atoms with Crippen LogP contribution in [-0.2, 0) is 13.2 Å². The van der Waals surface area contributed by atoms with Crippen molar-refractivity contribution >= 4 is 15.9 Å². The molecule has 0 aliphatic heterocycles. The molecule has 0 fully saturated rings. The molecule has 0 saturated heterocycles. The summed E-state index contributed by atoms with van der Waals surface area (Å²) < 4.78 is 8.92. The highest BCUT2D eigenvalue weighted by molar-refractivity contribution is 9.10. The molecule has 102 valence electrons. The summed E-state index contributed by atoms with van der Waals surface area (Å²) in [6.07, 6.45) is 3.74. The SMILES string of the molecule is CCn1ccnc1COc1ccc(Br)cc1C(C)N. The zero-order valence-electron chi connectivity index (χ0n) is 11.1. The minimum Gasteiger partial charge on any atom is -0.485 e. The number of imidazole rings is 1. The van der Waals surface area contributed by atoms with Crippen LogP contribution >= 0.6 is 15.9 Å². The fourth-order valence-electron chi connectivity index (χ4n) is 1.92. The first-order valence-corrected chi connectivity index (χ1v) is 7.09. The van der Waals surface area contributed by atoms with Crippen molar-refractivity contribution in [1.82, 2.24) is 9.55 Å². The van der Waals surface area contributed by atoms with Gasteiger partial charge in [-0.15, -0.1) is 0 Å². The number of rotatable bonds is 5. The number of hydrogen-bond acceptors (Lipinski definition) is 3. The Kier molecular flexibility index (Phi) is 4.61. The monoisotopic (exact) mass is 323 g/mol. The van der Waals surface area contributed by atoms with Crippen LogP contribution in [0.3, 0.4) is 0 Å². The highest BCUT2D eigenvalue weighted by Gasteiger charge is 2.10. The maximum Gasteiger partial charge on any atom is 0.146 e. The van der Waals surface area contributed by atoms with Gasteiger partial charge in [0.05, 0.1) is 0 Å². The van der Waals surface area contributed by atoms with Crippen LogP contribution < -0.4 is 10.5 Å². The molecule has 0 amide bonds. The minimum atomic E-state index is -0.0709. The summed E-state index contributed by atoms with van der Waals surface area (Å²) in [5, 5.41) is 0. The Morgan fingerprint density at radius 1 is 1.47 bits per heavy atom. The largest absolute Gasteiger partial charge is 0.485 e. The van der Waals surface area contributed by atoms with E-state index in [2.05, 4.69) is 32.4 Å². The quantitative estimate of drug-likeness (QED) is 0.918. The fourth-order valence-corrected chi connectivity index (χ4v) is 2.30. The van der Waals surface area contributed by atoms with Gasteiger partial charge in [0, 0.05) is 35.0 Å². The van der Waals surface area contributed by atoms with Gasteiger partial charge in [0.15, 0.2) is 0 Å². The Morgan fingerprint density at radius 3 is 2.95 bits per heavy atom. The fraction of sp³-hybridized carbons (Fsp3) is 0.357. The minimum absolute atomic E-state index is 0.0709. The molecule has 5 heteroatoms. The van der Waals surface area contributed by atoms with Crippen molar-refractivity contribution in [2.75, 3.05) is 0 Å². The van der Waals surface area contributed by atoms with Crippen molar-refractivity contribution in [1.29, 1.82) is 0 Å².